The number of rotatable bonds is 4. The summed E-state index contributed by atoms with van der Waals surface area (Å²) in [6.07, 6.45) is 4.60. The zero-order chi connectivity index (χ0) is 13.7. The third-order valence-electron chi connectivity index (χ3n) is 3.57. The average molecular weight is 282 g/mol. The predicted molar refractivity (Wildman–Crippen MR) is 76.7 cm³/mol. The first-order valence-electron chi connectivity index (χ1n) is 6.76. The molecule has 0 aromatic heterocycles. The Bertz CT molecular complexity index is 436. The fourth-order valence-electron chi connectivity index (χ4n) is 2.53. The number of para-hydroxylation sites is 1. The number of hydrogen-bond donors (Lipinski definition) is 1. The van der Waals surface area contributed by atoms with Gasteiger partial charge in [0.2, 0.25) is 5.91 Å². The minimum atomic E-state index is 0.0158. The zero-order valence-electron chi connectivity index (χ0n) is 11.2. The van der Waals surface area contributed by atoms with E-state index in [2.05, 4.69) is 5.32 Å². The molecular formula is C15H20ClNO2. The summed E-state index contributed by atoms with van der Waals surface area (Å²) in [5.74, 6) is 0.769. The summed E-state index contributed by atoms with van der Waals surface area (Å²) in [6.45, 7) is 0. The molecule has 4 heteroatoms. The molecule has 0 bridgehead atoms. The van der Waals surface area contributed by atoms with Gasteiger partial charge in [-0.2, -0.15) is 0 Å². The lowest BCUT2D eigenvalue weighted by atomic mass is 9.94. The second-order valence-corrected chi connectivity index (χ2v) is 5.52. The molecule has 2 unspecified atom stereocenters. The number of halogens is 1. The summed E-state index contributed by atoms with van der Waals surface area (Å²) in [6, 6.07) is 7.70. The van der Waals surface area contributed by atoms with Gasteiger partial charge in [-0.1, -0.05) is 31.0 Å². The van der Waals surface area contributed by atoms with E-state index in [9.17, 15) is 4.79 Å². The third kappa shape index (κ3) is 3.87. The quantitative estimate of drug-likeness (QED) is 0.862. The average Bonchev–Trinajstić information content (AvgIpc) is 2.42. The highest BCUT2D eigenvalue weighted by atomic mass is 35.5. The van der Waals surface area contributed by atoms with Crippen molar-refractivity contribution < 1.29 is 9.53 Å². The minimum Gasteiger partial charge on any atom is -0.496 e. The Hall–Kier alpha value is -1.22. The largest absolute Gasteiger partial charge is 0.496 e. The van der Waals surface area contributed by atoms with Gasteiger partial charge in [0.1, 0.15) is 5.75 Å². The van der Waals surface area contributed by atoms with Gasteiger partial charge in [-0.05, 0) is 18.9 Å². The SMILES string of the molecule is COc1ccccc1CC(=O)NC1CCCCC1Cl. The number of hydrogen-bond acceptors (Lipinski definition) is 2. The van der Waals surface area contributed by atoms with E-state index in [1.54, 1.807) is 7.11 Å². The Balaban J connectivity index is 1.93. The predicted octanol–water partition coefficient (Wildman–Crippen LogP) is 2.90. The van der Waals surface area contributed by atoms with Gasteiger partial charge in [-0.3, -0.25) is 4.79 Å². The van der Waals surface area contributed by atoms with Crippen molar-refractivity contribution in [3.63, 3.8) is 0 Å². The van der Waals surface area contributed by atoms with E-state index in [4.69, 9.17) is 16.3 Å². The van der Waals surface area contributed by atoms with Gasteiger partial charge < -0.3 is 10.1 Å². The van der Waals surface area contributed by atoms with Crippen LogP contribution in [0.1, 0.15) is 31.2 Å². The highest BCUT2D eigenvalue weighted by Gasteiger charge is 2.24. The van der Waals surface area contributed by atoms with Crippen LogP contribution in [0, 0.1) is 0 Å². The van der Waals surface area contributed by atoms with Crippen molar-refractivity contribution in [1.29, 1.82) is 0 Å². The van der Waals surface area contributed by atoms with Crippen molar-refractivity contribution >= 4 is 17.5 Å². The standard InChI is InChI=1S/C15H20ClNO2/c1-19-14-9-5-2-6-11(14)10-15(18)17-13-8-4-3-7-12(13)16/h2,5-6,9,12-13H,3-4,7-8,10H2,1H3,(H,17,18). The van der Waals surface area contributed by atoms with Crippen molar-refractivity contribution in [2.24, 2.45) is 0 Å². The Morgan fingerprint density at radius 3 is 2.84 bits per heavy atom. The van der Waals surface area contributed by atoms with E-state index < -0.39 is 0 Å². The molecule has 104 valence electrons. The molecule has 0 spiro atoms. The molecule has 0 heterocycles. The Morgan fingerprint density at radius 2 is 2.11 bits per heavy atom. The summed E-state index contributed by atoms with van der Waals surface area (Å²) in [4.78, 5) is 12.1. The molecule has 1 fully saturated rings. The molecule has 1 aromatic rings. The van der Waals surface area contributed by atoms with Crippen LogP contribution in [0.25, 0.3) is 0 Å². The van der Waals surface area contributed by atoms with Crippen molar-refractivity contribution in [1.82, 2.24) is 5.32 Å². The number of nitrogens with one attached hydrogen (secondary N) is 1. The first-order chi connectivity index (χ1) is 9.20. The summed E-state index contributed by atoms with van der Waals surface area (Å²) in [5, 5.41) is 3.11. The number of benzene rings is 1. The maximum atomic E-state index is 12.1. The van der Waals surface area contributed by atoms with Crippen LogP contribution < -0.4 is 10.1 Å². The van der Waals surface area contributed by atoms with E-state index >= 15 is 0 Å². The fraction of sp³-hybridized carbons (Fsp3) is 0.533. The second-order valence-electron chi connectivity index (χ2n) is 4.96. The summed E-state index contributed by atoms with van der Waals surface area (Å²) in [7, 11) is 1.62. The van der Waals surface area contributed by atoms with E-state index in [-0.39, 0.29) is 17.3 Å². The number of methoxy groups -OCH3 is 1. The van der Waals surface area contributed by atoms with Crippen LogP contribution in [0.5, 0.6) is 5.75 Å². The van der Waals surface area contributed by atoms with E-state index in [1.165, 1.54) is 0 Å². The molecule has 1 amide bonds. The normalized spacial score (nSPS) is 22.8. The highest BCUT2D eigenvalue weighted by Crippen LogP contribution is 2.23. The molecule has 0 radical (unpaired) electrons. The van der Waals surface area contributed by atoms with Crippen molar-refractivity contribution in [3.05, 3.63) is 29.8 Å². The number of ether oxygens (including phenoxy) is 1. The number of carbonyl (C=O) groups excluding carboxylic acids is 1. The van der Waals surface area contributed by atoms with Gasteiger partial charge in [0.25, 0.3) is 0 Å². The van der Waals surface area contributed by atoms with Crippen molar-refractivity contribution in [2.45, 2.75) is 43.5 Å². The lowest BCUT2D eigenvalue weighted by Crippen LogP contribution is -2.43. The summed E-state index contributed by atoms with van der Waals surface area (Å²) in [5.41, 5.74) is 0.907. The first-order valence-corrected chi connectivity index (χ1v) is 7.19. The highest BCUT2D eigenvalue weighted by molar-refractivity contribution is 6.21. The molecule has 19 heavy (non-hydrogen) atoms. The second kappa shape index (κ2) is 6.80. The van der Waals surface area contributed by atoms with Gasteiger partial charge in [-0.25, -0.2) is 0 Å². The molecule has 0 saturated heterocycles. The van der Waals surface area contributed by atoms with E-state index in [0.29, 0.717) is 6.42 Å². The zero-order valence-corrected chi connectivity index (χ0v) is 12.0. The Morgan fingerprint density at radius 1 is 1.37 bits per heavy atom. The number of alkyl halides is 1. The molecule has 2 atom stereocenters. The first kappa shape index (κ1) is 14.2. The van der Waals surface area contributed by atoms with Crippen LogP contribution in [0.4, 0.5) is 0 Å². The lowest BCUT2D eigenvalue weighted by molar-refractivity contribution is -0.121. The van der Waals surface area contributed by atoms with Crippen LogP contribution in [0.15, 0.2) is 24.3 Å². The topological polar surface area (TPSA) is 38.3 Å². The van der Waals surface area contributed by atoms with Crippen LogP contribution in [-0.4, -0.2) is 24.4 Å². The van der Waals surface area contributed by atoms with Crippen molar-refractivity contribution in [2.75, 3.05) is 7.11 Å². The van der Waals surface area contributed by atoms with Gasteiger partial charge >= 0.3 is 0 Å². The smallest absolute Gasteiger partial charge is 0.224 e. The van der Waals surface area contributed by atoms with Crippen LogP contribution in [0.3, 0.4) is 0 Å². The van der Waals surface area contributed by atoms with Crippen LogP contribution >= 0.6 is 11.6 Å². The lowest BCUT2D eigenvalue weighted by Gasteiger charge is -2.27. The van der Waals surface area contributed by atoms with Crippen LogP contribution in [-0.2, 0) is 11.2 Å². The molecule has 3 nitrogen and oxygen atoms in total. The molecule has 1 aromatic carbocycles. The molecule has 1 aliphatic carbocycles. The monoisotopic (exact) mass is 281 g/mol. The van der Waals surface area contributed by atoms with E-state index in [0.717, 1.165) is 37.0 Å². The molecule has 1 N–H and O–H groups in total. The Kier molecular flexibility index (Phi) is 5.08. The third-order valence-corrected chi connectivity index (χ3v) is 4.09. The molecular weight excluding hydrogens is 262 g/mol. The van der Waals surface area contributed by atoms with Crippen molar-refractivity contribution in [3.8, 4) is 5.75 Å². The number of carbonyl (C=O) groups is 1. The Labute approximate surface area is 119 Å². The van der Waals surface area contributed by atoms with Gasteiger partial charge in [0, 0.05) is 11.6 Å². The molecule has 1 saturated carbocycles. The summed E-state index contributed by atoms with van der Waals surface area (Å²) < 4.78 is 5.25. The minimum absolute atomic E-state index is 0.0158. The van der Waals surface area contributed by atoms with Crippen LogP contribution in [0.2, 0.25) is 0 Å². The maximum Gasteiger partial charge on any atom is 0.224 e. The number of amides is 1. The molecule has 0 aliphatic heterocycles. The summed E-state index contributed by atoms with van der Waals surface area (Å²) >= 11 is 6.25. The fourth-order valence-corrected chi connectivity index (χ4v) is 2.87. The van der Waals surface area contributed by atoms with Gasteiger partial charge in [0.05, 0.1) is 18.9 Å². The maximum absolute atomic E-state index is 12.1. The molecule has 1 aliphatic rings. The van der Waals surface area contributed by atoms with Gasteiger partial charge in [-0.15, -0.1) is 11.6 Å². The van der Waals surface area contributed by atoms with Gasteiger partial charge in [0.15, 0.2) is 0 Å². The molecule has 2 rings (SSSR count). The van der Waals surface area contributed by atoms with E-state index in [1.807, 2.05) is 24.3 Å².